The Balaban J connectivity index is 2.03. The maximum absolute atomic E-state index is 11.0. The lowest BCUT2D eigenvalue weighted by molar-refractivity contribution is -0.120. The molecular weight excluding hydrogens is 168 g/mol. The zero-order chi connectivity index (χ0) is 8.39. The molecule has 0 atom stereocenters. The summed E-state index contributed by atoms with van der Waals surface area (Å²) in [6, 6.07) is 2.19. The highest BCUT2D eigenvalue weighted by atomic mass is 32.1. The van der Waals surface area contributed by atoms with E-state index in [1.54, 1.807) is 11.3 Å². The van der Waals surface area contributed by atoms with Crippen molar-refractivity contribution in [3.05, 3.63) is 22.4 Å². The van der Waals surface area contributed by atoms with Crippen LogP contribution in [0.2, 0.25) is 0 Å². The molecule has 0 spiro atoms. The minimum absolute atomic E-state index is 0.446. The van der Waals surface area contributed by atoms with Crippen molar-refractivity contribution in [2.24, 2.45) is 0 Å². The molecule has 1 aliphatic rings. The summed E-state index contributed by atoms with van der Waals surface area (Å²) in [6.07, 6.45) is 3.71. The number of Topliss-reactive ketones (excluding diaryl/α,β-unsaturated/α-hetero) is 1. The predicted octanol–water partition coefficient (Wildman–Crippen LogP) is 2.97. The van der Waals surface area contributed by atoms with Crippen molar-refractivity contribution in [3.8, 4) is 0 Å². The highest BCUT2D eigenvalue weighted by molar-refractivity contribution is 7.07. The van der Waals surface area contributed by atoms with Crippen LogP contribution in [0.15, 0.2) is 16.8 Å². The summed E-state index contributed by atoms with van der Waals surface area (Å²) >= 11 is 1.75. The van der Waals surface area contributed by atoms with Gasteiger partial charge in [-0.2, -0.15) is 11.3 Å². The van der Waals surface area contributed by atoms with Crippen molar-refractivity contribution in [3.63, 3.8) is 0 Å². The lowest BCUT2D eigenvalue weighted by Gasteiger charge is -2.19. The summed E-state index contributed by atoms with van der Waals surface area (Å²) in [7, 11) is 0. The Labute approximate surface area is 76.4 Å². The van der Waals surface area contributed by atoms with Crippen LogP contribution < -0.4 is 0 Å². The van der Waals surface area contributed by atoms with Crippen LogP contribution in [0.25, 0.3) is 0 Å². The summed E-state index contributed by atoms with van der Waals surface area (Å²) in [5.41, 5.74) is 1.44. The molecule has 1 fully saturated rings. The number of rotatable bonds is 1. The normalized spacial score (nSPS) is 19.8. The van der Waals surface area contributed by atoms with Crippen molar-refractivity contribution in [2.45, 2.75) is 31.6 Å². The van der Waals surface area contributed by atoms with Crippen molar-refractivity contribution in [2.75, 3.05) is 0 Å². The Kier molecular flexibility index (Phi) is 2.26. The Morgan fingerprint density at radius 2 is 2.08 bits per heavy atom. The van der Waals surface area contributed by atoms with Gasteiger partial charge in [0.05, 0.1) is 0 Å². The average Bonchev–Trinajstić information content (AvgIpc) is 2.58. The molecule has 64 valence electrons. The van der Waals surface area contributed by atoms with Gasteiger partial charge in [-0.25, -0.2) is 0 Å². The number of hydrogen-bond donors (Lipinski definition) is 0. The molecule has 1 saturated carbocycles. The zero-order valence-corrected chi connectivity index (χ0v) is 7.77. The van der Waals surface area contributed by atoms with E-state index in [2.05, 4.69) is 16.8 Å². The van der Waals surface area contributed by atoms with Gasteiger partial charge in [-0.1, -0.05) is 0 Å². The molecule has 0 N–H and O–H groups in total. The van der Waals surface area contributed by atoms with E-state index in [4.69, 9.17) is 0 Å². The second kappa shape index (κ2) is 3.40. The summed E-state index contributed by atoms with van der Waals surface area (Å²) < 4.78 is 0. The van der Waals surface area contributed by atoms with E-state index in [0.29, 0.717) is 11.7 Å². The summed E-state index contributed by atoms with van der Waals surface area (Å²) in [5.74, 6) is 1.11. The first-order valence-corrected chi connectivity index (χ1v) is 5.34. The summed E-state index contributed by atoms with van der Waals surface area (Å²) in [4.78, 5) is 11.0. The predicted molar refractivity (Wildman–Crippen MR) is 50.5 cm³/mol. The van der Waals surface area contributed by atoms with Crippen LogP contribution in [-0.4, -0.2) is 5.78 Å². The SMILES string of the molecule is O=C1CCC(c2ccsc2)CC1. The van der Waals surface area contributed by atoms with Crippen LogP contribution in [0, 0.1) is 0 Å². The van der Waals surface area contributed by atoms with Crippen molar-refractivity contribution < 1.29 is 4.79 Å². The fourth-order valence-corrected chi connectivity index (χ4v) is 2.52. The lowest BCUT2D eigenvalue weighted by Crippen LogP contribution is -2.11. The van der Waals surface area contributed by atoms with Crippen LogP contribution in [0.5, 0.6) is 0 Å². The average molecular weight is 180 g/mol. The van der Waals surface area contributed by atoms with Crippen LogP contribution in [0.1, 0.15) is 37.2 Å². The van der Waals surface area contributed by atoms with Gasteiger partial charge in [0.1, 0.15) is 5.78 Å². The van der Waals surface area contributed by atoms with Crippen LogP contribution in [-0.2, 0) is 4.79 Å². The maximum Gasteiger partial charge on any atom is 0.132 e. The van der Waals surface area contributed by atoms with E-state index < -0.39 is 0 Å². The fourth-order valence-electron chi connectivity index (χ4n) is 1.78. The first kappa shape index (κ1) is 7.99. The monoisotopic (exact) mass is 180 g/mol. The first-order valence-electron chi connectivity index (χ1n) is 4.40. The molecule has 0 aliphatic heterocycles. The van der Waals surface area contributed by atoms with Crippen LogP contribution in [0.4, 0.5) is 0 Å². The standard InChI is InChI=1S/C10H12OS/c11-10-3-1-8(2-4-10)9-5-6-12-7-9/h5-8H,1-4H2. The molecular formula is C10H12OS. The smallest absolute Gasteiger partial charge is 0.132 e. The van der Waals surface area contributed by atoms with Gasteiger partial charge in [0.15, 0.2) is 0 Å². The van der Waals surface area contributed by atoms with Crippen LogP contribution in [0.3, 0.4) is 0 Å². The third-order valence-electron chi connectivity index (χ3n) is 2.56. The minimum atomic E-state index is 0.446. The van der Waals surface area contributed by atoms with Gasteiger partial charge < -0.3 is 0 Å². The number of carbonyl (C=O) groups is 1. The Hall–Kier alpha value is -0.630. The van der Waals surface area contributed by atoms with Gasteiger partial charge in [-0.15, -0.1) is 0 Å². The molecule has 1 nitrogen and oxygen atoms in total. The molecule has 1 aromatic heterocycles. The van der Waals surface area contributed by atoms with Gasteiger partial charge in [-0.05, 0) is 41.1 Å². The molecule has 0 bridgehead atoms. The van der Waals surface area contributed by atoms with Crippen LogP contribution >= 0.6 is 11.3 Å². The molecule has 2 rings (SSSR count). The van der Waals surface area contributed by atoms with Crippen molar-refractivity contribution in [1.82, 2.24) is 0 Å². The number of carbonyl (C=O) groups excluding carboxylic acids is 1. The van der Waals surface area contributed by atoms with Gasteiger partial charge in [0.2, 0.25) is 0 Å². The number of ketones is 1. The second-order valence-electron chi connectivity index (χ2n) is 3.37. The molecule has 2 heteroatoms. The maximum atomic E-state index is 11.0. The molecule has 1 aliphatic carbocycles. The molecule has 0 unspecified atom stereocenters. The third-order valence-corrected chi connectivity index (χ3v) is 3.26. The molecule has 0 radical (unpaired) electrons. The quantitative estimate of drug-likeness (QED) is 0.649. The van der Waals surface area contributed by atoms with E-state index in [-0.39, 0.29) is 0 Å². The summed E-state index contributed by atoms with van der Waals surface area (Å²) in [6.45, 7) is 0. The molecule has 1 aromatic rings. The third kappa shape index (κ3) is 1.58. The van der Waals surface area contributed by atoms with Crippen molar-refractivity contribution >= 4 is 17.1 Å². The van der Waals surface area contributed by atoms with E-state index in [1.165, 1.54) is 5.56 Å². The van der Waals surface area contributed by atoms with Gasteiger partial charge in [0.25, 0.3) is 0 Å². The highest BCUT2D eigenvalue weighted by Gasteiger charge is 2.19. The molecule has 0 saturated heterocycles. The second-order valence-corrected chi connectivity index (χ2v) is 4.15. The zero-order valence-electron chi connectivity index (χ0n) is 6.95. The Morgan fingerprint density at radius 3 is 2.67 bits per heavy atom. The van der Waals surface area contributed by atoms with E-state index >= 15 is 0 Å². The largest absolute Gasteiger partial charge is 0.300 e. The summed E-state index contributed by atoms with van der Waals surface area (Å²) in [5, 5.41) is 4.33. The Bertz CT molecular complexity index is 253. The van der Waals surface area contributed by atoms with E-state index in [9.17, 15) is 4.79 Å². The Morgan fingerprint density at radius 1 is 1.33 bits per heavy atom. The highest BCUT2D eigenvalue weighted by Crippen LogP contribution is 2.31. The number of hydrogen-bond acceptors (Lipinski definition) is 2. The van der Waals surface area contributed by atoms with Gasteiger partial charge in [-0.3, -0.25) is 4.79 Å². The molecule has 12 heavy (non-hydrogen) atoms. The molecule has 1 heterocycles. The topological polar surface area (TPSA) is 17.1 Å². The minimum Gasteiger partial charge on any atom is -0.300 e. The van der Waals surface area contributed by atoms with Crippen molar-refractivity contribution in [1.29, 1.82) is 0 Å². The fraction of sp³-hybridized carbons (Fsp3) is 0.500. The molecule has 0 aromatic carbocycles. The lowest BCUT2D eigenvalue weighted by atomic mass is 9.85. The van der Waals surface area contributed by atoms with E-state index in [0.717, 1.165) is 25.7 Å². The van der Waals surface area contributed by atoms with Gasteiger partial charge in [0, 0.05) is 12.8 Å². The number of thiophene rings is 1. The molecule has 0 amide bonds. The van der Waals surface area contributed by atoms with E-state index in [1.807, 2.05) is 0 Å². The first-order chi connectivity index (χ1) is 5.86. The van der Waals surface area contributed by atoms with Gasteiger partial charge >= 0.3 is 0 Å².